The zero-order chi connectivity index (χ0) is 13.0. The number of hydrogen-bond acceptors (Lipinski definition) is 5. The summed E-state index contributed by atoms with van der Waals surface area (Å²) in [6.07, 6.45) is 6.12. The van der Waals surface area contributed by atoms with E-state index in [0.717, 1.165) is 5.04 Å². The van der Waals surface area contributed by atoms with Gasteiger partial charge in [0.15, 0.2) is 5.72 Å². The first kappa shape index (κ1) is 13.9. The lowest BCUT2D eigenvalue weighted by Gasteiger charge is -2.21. The van der Waals surface area contributed by atoms with E-state index in [-0.39, 0.29) is 12.4 Å². The first-order chi connectivity index (χ1) is 8.63. The summed E-state index contributed by atoms with van der Waals surface area (Å²) in [7, 11) is 0. The van der Waals surface area contributed by atoms with E-state index < -0.39 is 5.72 Å². The summed E-state index contributed by atoms with van der Waals surface area (Å²) < 4.78 is 4.87. The van der Waals surface area contributed by atoms with E-state index >= 15 is 0 Å². The van der Waals surface area contributed by atoms with Gasteiger partial charge in [-0.1, -0.05) is 19.3 Å². The largest absolute Gasteiger partial charge is 0.466 e. The highest BCUT2D eigenvalue weighted by Gasteiger charge is 2.38. The van der Waals surface area contributed by atoms with Crippen molar-refractivity contribution in [3.8, 4) is 0 Å². The van der Waals surface area contributed by atoms with Crippen molar-refractivity contribution in [1.29, 1.82) is 0 Å². The molecule has 1 atom stereocenters. The van der Waals surface area contributed by atoms with Gasteiger partial charge in [-0.2, -0.15) is 0 Å². The molecule has 0 aromatic carbocycles. The molecule has 0 aromatic rings. The number of thioether (sulfide) groups is 1. The van der Waals surface area contributed by atoms with E-state index in [1.165, 1.54) is 32.1 Å². The van der Waals surface area contributed by atoms with Gasteiger partial charge in [-0.05, 0) is 19.8 Å². The molecule has 18 heavy (non-hydrogen) atoms. The molecule has 102 valence electrons. The molecule has 4 nitrogen and oxygen atoms in total. The van der Waals surface area contributed by atoms with Crippen LogP contribution in [0, 0.1) is 5.92 Å². The van der Waals surface area contributed by atoms with E-state index in [1.807, 2.05) is 0 Å². The molecular formula is C13H21NO3S. The van der Waals surface area contributed by atoms with Crippen LogP contribution < -0.4 is 0 Å². The second-order valence-electron chi connectivity index (χ2n) is 5.04. The highest BCUT2D eigenvalue weighted by molar-refractivity contribution is 8.14. The summed E-state index contributed by atoms with van der Waals surface area (Å²) in [6.45, 7) is 2.11. The molecular weight excluding hydrogens is 250 g/mol. The summed E-state index contributed by atoms with van der Waals surface area (Å²) in [6, 6.07) is 0. The molecule has 0 saturated heterocycles. The third-order valence-corrected chi connectivity index (χ3v) is 4.78. The van der Waals surface area contributed by atoms with Gasteiger partial charge in [0.25, 0.3) is 0 Å². The van der Waals surface area contributed by atoms with E-state index in [1.54, 1.807) is 18.7 Å². The van der Waals surface area contributed by atoms with Crippen LogP contribution in [0.2, 0.25) is 0 Å². The molecule has 1 aliphatic carbocycles. The van der Waals surface area contributed by atoms with Crippen molar-refractivity contribution in [3.05, 3.63) is 0 Å². The Bertz CT molecular complexity index is 339. The molecule has 5 heteroatoms. The van der Waals surface area contributed by atoms with Crippen LogP contribution in [0.1, 0.15) is 45.4 Å². The Morgan fingerprint density at radius 1 is 1.50 bits per heavy atom. The molecule has 0 amide bonds. The van der Waals surface area contributed by atoms with Crippen molar-refractivity contribution in [1.82, 2.24) is 0 Å². The predicted octanol–water partition coefficient (Wildman–Crippen LogP) is 2.35. The smallest absolute Gasteiger partial charge is 0.310 e. The first-order valence-corrected chi connectivity index (χ1v) is 7.72. The van der Waals surface area contributed by atoms with Gasteiger partial charge in [-0.3, -0.25) is 4.79 Å². The Morgan fingerprint density at radius 3 is 2.89 bits per heavy atom. The summed E-state index contributed by atoms with van der Waals surface area (Å²) >= 11 is 1.61. The first-order valence-electron chi connectivity index (χ1n) is 6.73. The zero-order valence-electron chi connectivity index (χ0n) is 10.9. The molecule has 0 spiro atoms. The molecule has 1 unspecified atom stereocenters. The van der Waals surface area contributed by atoms with Crippen molar-refractivity contribution < 1.29 is 14.6 Å². The van der Waals surface area contributed by atoms with Crippen molar-refractivity contribution in [2.45, 2.75) is 51.2 Å². The Balaban J connectivity index is 1.94. The molecule has 1 aliphatic heterocycles. The van der Waals surface area contributed by atoms with Gasteiger partial charge in [-0.15, -0.1) is 11.8 Å². The molecule has 1 fully saturated rings. The van der Waals surface area contributed by atoms with Crippen molar-refractivity contribution in [3.63, 3.8) is 0 Å². The SMILES string of the molecule is CCOC(=O)CC1(O)CSC(C2CCCCC2)=N1. The Morgan fingerprint density at radius 2 is 2.22 bits per heavy atom. The van der Waals surface area contributed by atoms with E-state index in [2.05, 4.69) is 4.99 Å². The maximum absolute atomic E-state index is 11.4. The topological polar surface area (TPSA) is 58.9 Å². The Labute approximate surface area is 112 Å². The molecule has 0 radical (unpaired) electrons. The normalized spacial score (nSPS) is 29.1. The molecule has 1 saturated carbocycles. The molecule has 2 aliphatic rings. The van der Waals surface area contributed by atoms with Crippen LogP contribution in [-0.2, 0) is 9.53 Å². The average molecular weight is 271 g/mol. The van der Waals surface area contributed by atoms with Crippen molar-refractivity contribution in [2.75, 3.05) is 12.4 Å². The minimum atomic E-state index is -1.23. The fourth-order valence-corrected chi connectivity index (χ4v) is 3.80. The lowest BCUT2D eigenvalue weighted by atomic mass is 9.90. The summed E-state index contributed by atoms with van der Waals surface area (Å²) in [5.41, 5.74) is -1.23. The number of aliphatic hydroxyl groups is 1. The second kappa shape index (κ2) is 6.06. The minimum absolute atomic E-state index is 0.0238. The number of carbonyl (C=O) groups excluding carboxylic acids is 1. The van der Waals surface area contributed by atoms with Gasteiger partial charge in [0.2, 0.25) is 0 Å². The van der Waals surface area contributed by atoms with Gasteiger partial charge in [0.05, 0.1) is 18.1 Å². The fourth-order valence-electron chi connectivity index (χ4n) is 2.55. The van der Waals surface area contributed by atoms with Crippen LogP contribution >= 0.6 is 11.8 Å². The fraction of sp³-hybridized carbons (Fsp3) is 0.846. The number of carbonyl (C=O) groups is 1. The number of ether oxygens (including phenoxy) is 1. The van der Waals surface area contributed by atoms with Gasteiger partial charge in [-0.25, -0.2) is 4.99 Å². The standard InChI is InChI=1S/C13H21NO3S/c1-2-17-11(15)8-13(16)9-18-12(14-13)10-6-4-3-5-7-10/h10,16H,2-9H2,1H3. The Kier molecular flexibility index (Phi) is 4.67. The predicted molar refractivity (Wildman–Crippen MR) is 72.7 cm³/mol. The highest BCUT2D eigenvalue weighted by Crippen LogP contribution is 2.37. The molecule has 1 N–H and O–H groups in total. The third-order valence-electron chi connectivity index (χ3n) is 3.46. The van der Waals surface area contributed by atoms with Crippen LogP contribution in [0.3, 0.4) is 0 Å². The summed E-state index contributed by atoms with van der Waals surface area (Å²) in [5.74, 6) is 0.617. The number of nitrogens with zero attached hydrogens (tertiary/aromatic N) is 1. The van der Waals surface area contributed by atoms with E-state index in [0.29, 0.717) is 18.3 Å². The van der Waals surface area contributed by atoms with E-state index in [4.69, 9.17) is 4.74 Å². The lowest BCUT2D eigenvalue weighted by Crippen LogP contribution is -2.30. The van der Waals surface area contributed by atoms with Crippen LogP contribution in [0.4, 0.5) is 0 Å². The van der Waals surface area contributed by atoms with Crippen LogP contribution in [0.15, 0.2) is 4.99 Å². The summed E-state index contributed by atoms with van der Waals surface area (Å²) in [5, 5.41) is 11.3. The minimum Gasteiger partial charge on any atom is -0.466 e. The summed E-state index contributed by atoms with van der Waals surface area (Å²) in [4.78, 5) is 15.8. The monoisotopic (exact) mass is 271 g/mol. The van der Waals surface area contributed by atoms with Gasteiger partial charge < -0.3 is 9.84 Å². The zero-order valence-corrected chi connectivity index (χ0v) is 11.7. The van der Waals surface area contributed by atoms with Gasteiger partial charge in [0, 0.05) is 11.7 Å². The van der Waals surface area contributed by atoms with Crippen molar-refractivity contribution in [2.24, 2.45) is 10.9 Å². The number of aliphatic imine (C=N–C) groups is 1. The maximum Gasteiger partial charge on any atom is 0.310 e. The lowest BCUT2D eigenvalue weighted by molar-refractivity contribution is -0.147. The second-order valence-corrected chi connectivity index (χ2v) is 6.03. The number of rotatable bonds is 4. The molecule has 1 heterocycles. The average Bonchev–Trinajstić information content (AvgIpc) is 2.73. The molecule has 2 rings (SSSR count). The number of esters is 1. The van der Waals surface area contributed by atoms with E-state index in [9.17, 15) is 9.90 Å². The van der Waals surface area contributed by atoms with Crippen LogP contribution in [0.5, 0.6) is 0 Å². The quantitative estimate of drug-likeness (QED) is 0.797. The van der Waals surface area contributed by atoms with Crippen LogP contribution in [0.25, 0.3) is 0 Å². The highest BCUT2D eigenvalue weighted by atomic mass is 32.2. The third kappa shape index (κ3) is 3.48. The Hall–Kier alpha value is -0.550. The van der Waals surface area contributed by atoms with Gasteiger partial charge >= 0.3 is 5.97 Å². The maximum atomic E-state index is 11.4. The van der Waals surface area contributed by atoms with Crippen molar-refractivity contribution >= 4 is 22.8 Å². The molecule has 0 bridgehead atoms. The van der Waals surface area contributed by atoms with Gasteiger partial charge in [0.1, 0.15) is 0 Å². The number of hydrogen-bond donors (Lipinski definition) is 1. The molecule has 0 aromatic heterocycles. The van der Waals surface area contributed by atoms with Crippen LogP contribution in [-0.4, -0.2) is 34.2 Å².